The average molecular weight is 868 g/mol. The van der Waals surface area contributed by atoms with Crippen molar-refractivity contribution in [1.82, 2.24) is 18.5 Å². The number of aromatic nitrogens is 4. The molecule has 4 bridgehead atoms. The van der Waals surface area contributed by atoms with Gasteiger partial charge in [-0.2, -0.15) is 0 Å². The molecule has 260 valence electrons. The summed E-state index contributed by atoms with van der Waals surface area (Å²) in [6, 6.07) is 49.9. The van der Waals surface area contributed by atoms with Gasteiger partial charge in [-0.15, -0.1) is 0 Å². The molecule has 0 spiro atoms. The summed E-state index contributed by atoms with van der Waals surface area (Å²) in [6.45, 7) is 2.16. The number of hydrogen-bond donors (Lipinski definition) is 0. The molecule has 13 rings (SSSR count). The molecule has 9 aromatic rings. The van der Waals surface area contributed by atoms with Crippen LogP contribution in [-0.4, -0.2) is 18.5 Å². The van der Waals surface area contributed by atoms with Gasteiger partial charge in [-0.25, -0.2) is 0 Å². The second kappa shape index (κ2) is 13.0. The number of pyridine rings is 2. The van der Waals surface area contributed by atoms with Crippen molar-refractivity contribution in [3.05, 3.63) is 184 Å². The first-order valence-electron chi connectivity index (χ1n) is 18.2. The molecule has 0 radical (unpaired) electrons. The van der Waals surface area contributed by atoms with Crippen LogP contribution in [-0.2, 0) is 45.0 Å². The van der Waals surface area contributed by atoms with E-state index in [-0.39, 0.29) is 0 Å². The van der Waals surface area contributed by atoms with Crippen LogP contribution in [0.1, 0.15) is 27.9 Å². The molecule has 2 aliphatic carbocycles. The summed E-state index contributed by atoms with van der Waals surface area (Å²) in [5.74, 6) is 2.45. The minimum absolute atomic E-state index is 0.778. The van der Waals surface area contributed by atoms with Gasteiger partial charge in [0.2, 0.25) is 0 Å². The van der Waals surface area contributed by atoms with E-state index in [4.69, 9.17) is 9.72 Å². The fraction of sp³-hybridized carbons (Fsp3) is 0.106. The molecule has 5 aromatic carbocycles. The normalized spacial score (nSPS) is 12.8. The Labute approximate surface area is 318 Å². The van der Waals surface area contributed by atoms with Gasteiger partial charge in [0.25, 0.3) is 0 Å². The van der Waals surface area contributed by atoms with E-state index in [1.165, 1.54) is 44.4 Å². The minimum Gasteiger partial charge on any atom is -0.0622 e. The van der Waals surface area contributed by atoms with Gasteiger partial charge in [0.1, 0.15) is 0 Å². The van der Waals surface area contributed by atoms with E-state index in [9.17, 15) is 0 Å². The molecular weight excluding hydrogens is 832 g/mol. The smallest absolute Gasteiger partial charge is 0.0622 e. The number of hydrogen-bond acceptors (Lipinski definition) is 2. The second-order valence-corrected chi connectivity index (χ2v) is 15.0. The van der Waals surface area contributed by atoms with Gasteiger partial charge in [0.15, 0.2) is 0 Å². The van der Waals surface area contributed by atoms with Gasteiger partial charge in [0, 0.05) is 11.8 Å². The van der Waals surface area contributed by atoms with Gasteiger partial charge in [0.05, 0.1) is 0 Å². The zero-order chi connectivity index (χ0) is 35.5. The number of fused-ring (bicyclic) bond motifs is 3. The topological polar surface area (TPSA) is 36.4 Å². The van der Waals surface area contributed by atoms with E-state index in [1.807, 2.05) is 18.3 Å². The molecule has 0 saturated heterocycles. The van der Waals surface area contributed by atoms with E-state index in [0.29, 0.717) is 0 Å². The van der Waals surface area contributed by atoms with E-state index >= 15 is 0 Å². The molecule has 0 atom stereocenters. The summed E-state index contributed by atoms with van der Waals surface area (Å²) in [5, 5.41) is 2.35. The minimum atomic E-state index is 0.778. The van der Waals surface area contributed by atoms with Crippen molar-refractivity contribution in [2.45, 2.75) is 32.6 Å². The number of aryl methyl sites for hydroxylation is 5. The summed E-state index contributed by atoms with van der Waals surface area (Å²) in [4.78, 5) is 5.01. The SMILES string of the molecule is Cc1cc(-n2c3ccccc3c3ccc(Oc4cccc(-n5cc6c7ccc(n6[c]5=[Pt])CCc5ccc(cc5)CC7)c4)cc32)ncc1-c1ccccc1. The molecule has 0 unspecified atom stereocenters. The van der Waals surface area contributed by atoms with Crippen molar-refractivity contribution >= 4 is 27.3 Å². The maximum absolute atomic E-state index is 6.67. The van der Waals surface area contributed by atoms with Gasteiger partial charge >= 0.3 is 248 Å². The Kier molecular flexibility index (Phi) is 7.84. The molecular formula is C47H36N4OPt. The zero-order valence-electron chi connectivity index (χ0n) is 29.3. The van der Waals surface area contributed by atoms with Crippen molar-refractivity contribution < 1.29 is 24.1 Å². The number of ether oxygens (including phenoxy) is 1. The van der Waals surface area contributed by atoms with Crippen molar-refractivity contribution in [2.75, 3.05) is 0 Å². The van der Waals surface area contributed by atoms with Crippen molar-refractivity contribution in [2.24, 2.45) is 0 Å². The summed E-state index contributed by atoms with van der Waals surface area (Å²) >= 11 is 2.49. The molecule has 6 heteroatoms. The number of benzene rings is 5. The third-order valence-corrected chi connectivity index (χ3v) is 11.8. The monoisotopic (exact) mass is 867 g/mol. The van der Waals surface area contributed by atoms with Crippen LogP contribution < -0.4 is 4.74 Å². The Morgan fingerprint density at radius 2 is 1.38 bits per heavy atom. The Morgan fingerprint density at radius 3 is 2.21 bits per heavy atom. The molecule has 53 heavy (non-hydrogen) atoms. The molecule has 4 aromatic heterocycles. The first-order chi connectivity index (χ1) is 26.1. The Morgan fingerprint density at radius 1 is 0.623 bits per heavy atom. The molecule has 2 aliphatic heterocycles. The second-order valence-electron chi connectivity index (χ2n) is 14.0. The van der Waals surface area contributed by atoms with Crippen molar-refractivity contribution in [3.63, 3.8) is 0 Å². The van der Waals surface area contributed by atoms with E-state index in [2.05, 4.69) is 173 Å². The summed E-state index contributed by atoms with van der Waals surface area (Å²) < 4.78 is 14.8. The summed E-state index contributed by atoms with van der Waals surface area (Å²) in [6.07, 6.45) is 8.32. The van der Waals surface area contributed by atoms with Gasteiger partial charge in [-0.1, -0.05) is 42.5 Å². The molecule has 0 fully saturated rings. The third-order valence-electron chi connectivity index (χ3n) is 10.7. The van der Waals surface area contributed by atoms with Crippen molar-refractivity contribution in [3.8, 4) is 34.1 Å². The van der Waals surface area contributed by atoms with Crippen LogP contribution in [0.4, 0.5) is 0 Å². The average Bonchev–Trinajstić information content (AvgIpc) is 3.71. The summed E-state index contributed by atoms with van der Waals surface area (Å²) in [7, 11) is 0. The fourth-order valence-electron chi connectivity index (χ4n) is 7.96. The maximum atomic E-state index is 6.67. The van der Waals surface area contributed by atoms with Crippen LogP contribution in [0.2, 0.25) is 0 Å². The van der Waals surface area contributed by atoms with Crippen molar-refractivity contribution in [1.29, 1.82) is 0 Å². The standard InChI is InChI=1S/C47H36N4O.Pt/c1-32-26-47(48-29-43(32)35-8-3-2-4-9-35)51-44-13-6-5-12-41(44)42-25-24-40(28-45(42)51)52-39-11-7-10-38(27-39)49-30-46-36-20-18-33-14-16-34(17-15-33)19-22-37(23-21-36)50(46)31-49;/h2-17,21,23-30H,18-20,22H2,1H3;. The summed E-state index contributed by atoms with van der Waals surface area (Å²) in [5.41, 5.74) is 13.5. The predicted molar refractivity (Wildman–Crippen MR) is 210 cm³/mol. The van der Waals surface area contributed by atoms with Gasteiger partial charge in [-0.05, 0) is 18.1 Å². The van der Waals surface area contributed by atoms with Gasteiger partial charge in [-0.3, -0.25) is 0 Å². The number of rotatable bonds is 5. The van der Waals surface area contributed by atoms with Crippen LogP contribution >= 0.6 is 0 Å². The molecule has 4 aliphatic rings. The number of imidazole rings is 1. The Hall–Kier alpha value is -5.77. The molecule has 6 heterocycles. The molecule has 0 saturated carbocycles. The van der Waals surface area contributed by atoms with Crippen LogP contribution in [0.25, 0.3) is 50.0 Å². The third kappa shape index (κ3) is 5.68. The number of para-hydroxylation sites is 1. The van der Waals surface area contributed by atoms with Crippen LogP contribution in [0, 0.1) is 10.7 Å². The molecule has 5 nitrogen and oxygen atoms in total. The fourth-order valence-corrected chi connectivity index (χ4v) is 9.00. The van der Waals surface area contributed by atoms with Crippen LogP contribution in [0.15, 0.2) is 152 Å². The van der Waals surface area contributed by atoms with Crippen LogP contribution in [0.5, 0.6) is 11.5 Å². The van der Waals surface area contributed by atoms with E-state index in [0.717, 1.165) is 74.5 Å². The number of nitrogens with zero attached hydrogens (tertiary/aromatic N) is 4. The molecule has 0 N–H and O–H groups in total. The zero-order valence-corrected chi connectivity index (χ0v) is 31.5. The molecule has 0 amide bonds. The van der Waals surface area contributed by atoms with Crippen LogP contribution in [0.3, 0.4) is 0 Å². The predicted octanol–water partition coefficient (Wildman–Crippen LogP) is 11.0. The van der Waals surface area contributed by atoms with E-state index in [1.54, 1.807) is 0 Å². The Balaban J connectivity index is 1.02. The van der Waals surface area contributed by atoms with E-state index < -0.39 is 0 Å². The first kappa shape index (κ1) is 31.9. The quantitative estimate of drug-likeness (QED) is 0.173. The Bertz CT molecular complexity index is 2900. The van der Waals surface area contributed by atoms with Gasteiger partial charge < -0.3 is 0 Å². The first-order valence-corrected chi connectivity index (χ1v) is 19.3.